The SMILES string of the molecule is CN(C)CCCN(C(=O)CN1C(=O)CCC1=O)c1nc2c(F)cccc2s1.Cl. The van der Waals surface area contributed by atoms with Crippen LogP contribution in [0.1, 0.15) is 19.3 Å². The van der Waals surface area contributed by atoms with E-state index in [0.717, 1.165) is 11.4 Å². The van der Waals surface area contributed by atoms with Gasteiger partial charge >= 0.3 is 0 Å². The second-order valence-electron chi connectivity index (χ2n) is 6.66. The van der Waals surface area contributed by atoms with Gasteiger partial charge in [-0.15, -0.1) is 12.4 Å². The number of halogens is 2. The van der Waals surface area contributed by atoms with Crippen molar-refractivity contribution in [3.8, 4) is 0 Å². The maximum absolute atomic E-state index is 14.0. The monoisotopic (exact) mass is 428 g/mol. The molecular weight excluding hydrogens is 407 g/mol. The van der Waals surface area contributed by atoms with Crippen LogP contribution < -0.4 is 4.90 Å². The van der Waals surface area contributed by atoms with Gasteiger partial charge in [0.1, 0.15) is 17.9 Å². The van der Waals surface area contributed by atoms with Crippen molar-refractivity contribution in [2.24, 2.45) is 0 Å². The van der Waals surface area contributed by atoms with Crippen LogP contribution in [0.5, 0.6) is 0 Å². The Labute approximate surface area is 172 Å². The number of para-hydroxylation sites is 1. The molecule has 1 saturated heterocycles. The van der Waals surface area contributed by atoms with Crippen molar-refractivity contribution in [3.05, 3.63) is 24.0 Å². The van der Waals surface area contributed by atoms with Crippen molar-refractivity contribution in [1.82, 2.24) is 14.8 Å². The van der Waals surface area contributed by atoms with Crippen LogP contribution in [-0.4, -0.2) is 66.2 Å². The van der Waals surface area contributed by atoms with E-state index in [0.29, 0.717) is 22.8 Å². The number of amides is 3. The molecule has 3 rings (SSSR count). The van der Waals surface area contributed by atoms with Crippen LogP contribution >= 0.6 is 23.7 Å². The predicted molar refractivity (Wildman–Crippen MR) is 108 cm³/mol. The van der Waals surface area contributed by atoms with Crippen molar-refractivity contribution in [1.29, 1.82) is 0 Å². The third-order valence-electron chi connectivity index (χ3n) is 4.33. The number of benzene rings is 1. The minimum atomic E-state index is -0.444. The zero-order chi connectivity index (χ0) is 19.6. The van der Waals surface area contributed by atoms with E-state index in [2.05, 4.69) is 4.98 Å². The van der Waals surface area contributed by atoms with E-state index in [-0.39, 0.29) is 49.1 Å². The number of anilines is 1. The van der Waals surface area contributed by atoms with Gasteiger partial charge in [-0.05, 0) is 39.2 Å². The number of carbonyl (C=O) groups is 3. The first-order valence-electron chi connectivity index (χ1n) is 8.70. The molecule has 28 heavy (non-hydrogen) atoms. The standard InChI is InChI=1S/C18H21FN4O3S.ClH/c1-21(2)9-4-10-22(16(26)11-23-14(24)7-8-15(23)25)18-20-17-12(19)5-3-6-13(17)27-18;/h3,5-6H,4,7-11H2,1-2H3;1H. The molecule has 1 aromatic carbocycles. The van der Waals surface area contributed by atoms with E-state index >= 15 is 0 Å². The molecular formula is C18H22ClFN4O3S. The van der Waals surface area contributed by atoms with E-state index in [1.54, 1.807) is 12.1 Å². The van der Waals surface area contributed by atoms with Gasteiger partial charge in [-0.1, -0.05) is 17.4 Å². The molecule has 3 amide bonds. The molecule has 10 heteroatoms. The minimum Gasteiger partial charge on any atom is -0.309 e. The molecule has 0 atom stereocenters. The van der Waals surface area contributed by atoms with E-state index in [1.807, 2.05) is 19.0 Å². The lowest BCUT2D eigenvalue weighted by molar-refractivity contribution is -0.141. The van der Waals surface area contributed by atoms with Crippen molar-refractivity contribution in [2.75, 3.05) is 38.6 Å². The fourth-order valence-electron chi connectivity index (χ4n) is 2.91. The van der Waals surface area contributed by atoms with Gasteiger partial charge in [-0.2, -0.15) is 0 Å². The second kappa shape index (κ2) is 9.40. The third kappa shape index (κ3) is 4.84. The fourth-order valence-corrected chi connectivity index (χ4v) is 3.93. The van der Waals surface area contributed by atoms with Crippen LogP contribution in [0.25, 0.3) is 10.2 Å². The number of thiazole rings is 1. The first-order valence-corrected chi connectivity index (χ1v) is 9.52. The molecule has 1 aliphatic rings. The number of likely N-dealkylation sites (tertiary alicyclic amines) is 1. The maximum Gasteiger partial charge on any atom is 0.248 e. The molecule has 0 N–H and O–H groups in total. The van der Waals surface area contributed by atoms with E-state index in [4.69, 9.17) is 0 Å². The lowest BCUT2D eigenvalue weighted by atomic mass is 10.3. The Morgan fingerprint density at radius 2 is 1.89 bits per heavy atom. The highest BCUT2D eigenvalue weighted by molar-refractivity contribution is 7.22. The van der Waals surface area contributed by atoms with Crippen LogP contribution in [0, 0.1) is 5.82 Å². The van der Waals surface area contributed by atoms with Crippen molar-refractivity contribution < 1.29 is 18.8 Å². The molecule has 0 radical (unpaired) electrons. The first kappa shape index (κ1) is 22.2. The summed E-state index contributed by atoms with van der Waals surface area (Å²) < 4.78 is 14.6. The summed E-state index contributed by atoms with van der Waals surface area (Å²) in [4.78, 5) is 45.3. The number of hydrogen-bond donors (Lipinski definition) is 0. The summed E-state index contributed by atoms with van der Waals surface area (Å²) in [5, 5.41) is 0.373. The highest BCUT2D eigenvalue weighted by Crippen LogP contribution is 2.30. The molecule has 2 aromatic rings. The Morgan fingerprint density at radius 1 is 1.21 bits per heavy atom. The normalized spacial score (nSPS) is 14.1. The van der Waals surface area contributed by atoms with Crippen LogP contribution in [-0.2, 0) is 14.4 Å². The van der Waals surface area contributed by atoms with Gasteiger partial charge in [0.25, 0.3) is 0 Å². The van der Waals surface area contributed by atoms with Gasteiger partial charge in [0, 0.05) is 19.4 Å². The van der Waals surface area contributed by atoms with Crippen molar-refractivity contribution in [2.45, 2.75) is 19.3 Å². The summed E-state index contributed by atoms with van der Waals surface area (Å²) in [7, 11) is 3.86. The Balaban J connectivity index is 0.00000280. The average molecular weight is 429 g/mol. The highest BCUT2D eigenvalue weighted by atomic mass is 35.5. The summed E-state index contributed by atoms with van der Waals surface area (Å²) in [6.45, 7) is 0.817. The molecule has 152 valence electrons. The molecule has 7 nitrogen and oxygen atoms in total. The summed E-state index contributed by atoms with van der Waals surface area (Å²) >= 11 is 1.22. The first-order chi connectivity index (χ1) is 12.9. The number of hydrogen-bond acceptors (Lipinski definition) is 6. The number of carbonyl (C=O) groups excluding carboxylic acids is 3. The average Bonchev–Trinajstić information content (AvgIpc) is 3.18. The smallest absolute Gasteiger partial charge is 0.248 e. The number of nitrogens with zero attached hydrogens (tertiary/aromatic N) is 4. The largest absolute Gasteiger partial charge is 0.309 e. The Kier molecular flexibility index (Phi) is 7.45. The van der Waals surface area contributed by atoms with Gasteiger partial charge in [-0.25, -0.2) is 9.37 Å². The summed E-state index contributed by atoms with van der Waals surface area (Å²) in [5.74, 6) is -1.51. The van der Waals surface area contributed by atoms with Crippen LogP contribution in [0.4, 0.5) is 9.52 Å². The lowest BCUT2D eigenvalue weighted by Gasteiger charge is -2.23. The van der Waals surface area contributed by atoms with Crippen LogP contribution in [0.3, 0.4) is 0 Å². The van der Waals surface area contributed by atoms with E-state index < -0.39 is 11.7 Å². The van der Waals surface area contributed by atoms with Gasteiger partial charge in [-0.3, -0.25) is 24.2 Å². The van der Waals surface area contributed by atoms with E-state index in [1.165, 1.54) is 22.3 Å². The number of imide groups is 1. The maximum atomic E-state index is 14.0. The second-order valence-corrected chi connectivity index (χ2v) is 7.67. The Morgan fingerprint density at radius 3 is 2.50 bits per heavy atom. The molecule has 0 bridgehead atoms. The van der Waals surface area contributed by atoms with Crippen LogP contribution in [0.2, 0.25) is 0 Å². The molecule has 0 aliphatic carbocycles. The molecule has 1 fully saturated rings. The fraction of sp³-hybridized carbons (Fsp3) is 0.444. The van der Waals surface area contributed by atoms with Crippen LogP contribution in [0.15, 0.2) is 18.2 Å². The van der Waals surface area contributed by atoms with Crippen molar-refractivity contribution >= 4 is 56.8 Å². The minimum absolute atomic E-state index is 0. The summed E-state index contributed by atoms with van der Waals surface area (Å²) in [6, 6.07) is 4.67. The molecule has 0 spiro atoms. The Bertz CT molecular complexity index is 873. The zero-order valence-corrected chi connectivity index (χ0v) is 17.3. The number of rotatable bonds is 7. The van der Waals surface area contributed by atoms with Gasteiger partial charge in [0.05, 0.1) is 4.70 Å². The molecule has 0 unspecified atom stereocenters. The summed E-state index contributed by atoms with van der Waals surface area (Å²) in [6.07, 6.45) is 0.956. The summed E-state index contributed by atoms with van der Waals surface area (Å²) in [5.41, 5.74) is 0.219. The molecule has 2 heterocycles. The lowest BCUT2D eigenvalue weighted by Crippen LogP contribution is -2.43. The topological polar surface area (TPSA) is 73.8 Å². The molecule has 0 saturated carbocycles. The molecule has 1 aliphatic heterocycles. The number of fused-ring (bicyclic) bond motifs is 1. The third-order valence-corrected chi connectivity index (χ3v) is 5.37. The quantitative estimate of drug-likeness (QED) is 0.632. The van der Waals surface area contributed by atoms with Gasteiger partial charge < -0.3 is 4.90 Å². The van der Waals surface area contributed by atoms with Crippen molar-refractivity contribution in [3.63, 3.8) is 0 Å². The van der Waals surface area contributed by atoms with Gasteiger partial charge in [0.2, 0.25) is 17.7 Å². The Hall–Kier alpha value is -2.10. The predicted octanol–water partition coefficient (Wildman–Crippen LogP) is 2.29. The van der Waals surface area contributed by atoms with Gasteiger partial charge in [0.15, 0.2) is 5.13 Å². The highest BCUT2D eigenvalue weighted by Gasteiger charge is 2.32. The number of aromatic nitrogens is 1. The van der Waals surface area contributed by atoms with E-state index in [9.17, 15) is 18.8 Å². The molecule has 1 aromatic heterocycles. The zero-order valence-electron chi connectivity index (χ0n) is 15.7.